The summed E-state index contributed by atoms with van der Waals surface area (Å²) in [5.74, 6) is -1.24. The van der Waals surface area contributed by atoms with Gasteiger partial charge in [-0.2, -0.15) is 4.98 Å². The molecule has 0 spiro atoms. The Balaban J connectivity index is 1.91. The van der Waals surface area contributed by atoms with E-state index in [9.17, 15) is 9.59 Å². The highest BCUT2D eigenvalue weighted by molar-refractivity contribution is 7.09. The molecule has 2 aromatic rings. The van der Waals surface area contributed by atoms with Gasteiger partial charge in [0.25, 0.3) is 5.91 Å². The Labute approximate surface area is 118 Å². The van der Waals surface area contributed by atoms with Gasteiger partial charge in [-0.05, 0) is 12.8 Å². The Kier molecular flexibility index (Phi) is 4.41. The lowest BCUT2D eigenvalue weighted by Gasteiger charge is -1.98. The number of carbonyl (C=O) groups excluding carboxylic acids is 2. The second-order valence-electron chi connectivity index (χ2n) is 3.94. The van der Waals surface area contributed by atoms with Gasteiger partial charge in [0.2, 0.25) is 0 Å². The Morgan fingerprint density at radius 3 is 2.90 bits per heavy atom. The van der Waals surface area contributed by atoms with Crippen LogP contribution < -0.4 is 11.1 Å². The fourth-order valence-electron chi connectivity index (χ4n) is 1.42. The molecule has 0 bridgehead atoms. The molecule has 0 unspecified atom stereocenters. The molecule has 3 N–H and O–H groups in total. The summed E-state index contributed by atoms with van der Waals surface area (Å²) < 4.78 is 4.60. The lowest BCUT2D eigenvalue weighted by Crippen LogP contribution is -2.24. The maximum absolute atomic E-state index is 11.8. The first-order chi connectivity index (χ1) is 9.60. The number of rotatable bonds is 6. The molecule has 2 rings (SSSR count). The highest BCUT2D eigenvalue weighted by Crippen LogP contribution is 2.11. The third-order valence-electron chi connectivity index (χ3n) is 2.33. The fourth-order valence-corrected chi connectivity index (χ4v) is 2.30. The minimum atomic E-state index is -0.807. The van der Waals surface area contributed by atoms with Gasteiger partial charge < -0.3 is 15.6 Å². The number of thiazole rings is 1. The summed E-state index contributed by atoms with van der Waals surface area (Å²) in [5, 5.41) is 8.73. The molecule has 0 radical (unpaired) electrons. The lowest BCUT2D eigenvalue weighted by molar-refractivity contribution is 0.0940. The van der Waals surface area contributed by atoms with E-state index in [0.29, 0.717) is 5.69 Å². The van der Waals surface area contributed by atoms with Crippen molar-refractivity contribution in [3.8, 4) is 0 Å². The summed E-state index contributed by atoms with van der Waals surface area (Å²) in [6, 6.07) is 0. The van der Waals surface area contributed by atoms with Gasteiger partial charge in [-0.15, -0.1) is 11.3 Å². The zero-order chi connectivity index (χ0) is 14.5. The summed E-state index contributed by atoms with van der Waals surface area (Å²) in [5.41, 5.74) is 5.33. The predicted octanol–water partition coefficient (Wildman–Crippen LogP) is 0.508. The van der Waals surface area contributed by atoms with E-state index in [2.05, 4.69) is 25.0 Å². The molecule has 0 saturated carbocycles. The number of hydrogen-bond donors (Lipinski definition) is 2. The highest BCUT2D eigenvalue weighted by atomic mass is 32.1. The monoisotopic (exact) mass is 295 g/mol. The Morgan fingerprint density at radius 2 is 2.25 bits per heavy atom. The largest absolute Gasteiger partial charge is 0.361 e. The van der Waals surface area contributed by atoms with Crippen LogP contribution in [-0.4, -0.2) is 26.9 Å². The number of primary amides is 1. The van der Waals surface area contributed by atoms with Crippen molar-refractivity contribution < 1.29 is 14.1 Å². The minimum absolute atomic E-state index is 0.0379. The molecule has 0 aliphatic heterocycles. The van der Waals surface area contributed by atoms with Crippen LogP contribution in [0, 0.1) is 0 Å². The molecule has 0 saturated heterocycles. The van der Waals surface area contributed by atoms with Gasteiger partial charge in [0.1, 0.15) is 5.69 Å². The number of nitrogens with zero attached hydrogens (tertiary/aromatic N) is 3. The maximum atomic E-state index is 11.8. The molecule has 2 heterocycles. The number of nitrogens with two attached hydrogens (primary N) is 1. The quantitative estimate of drug-likeness (QED) is 0.800. The van der Waals surface area contributed by atoms with Gasteiger partial charge in [0.05, 0.1) is 11.6 Å². The van der Waals surface area contributed by atoms with Crippen molar-refractivity contribution in [1.82, 2.24) is 20.4 Å². The van der Waals surface area contributed by atoms with Gasteiger partial charge in [-0.1, -0.05) is 12.1 Å². The van der Waals surface area contributed by atoms with E-state index in [1.54, 1.807) is 5.38 Å². The number of aryl methyl sites for hydroxylation is 1. The van der Waals surface area contributed by atoms with Crippen LogP contribution in [0.4, 0.5) is 0 Å². The van der Waals surface area contributed by atoms with Crippen molar-refractivity contribution in [3.05, 3.63) is 27.8 Å². The smallest absolute Gasteiger partial charge is 0.315 e. The van der Waals surface area contributed by atoms with Crippen LogP contribution in [0.3, 0.4) is 0 Å². The normalized spacial score (nSPS) is 10.4. The van der Waals surface area contributed by atoms with Crippen LogP contribution >= 0.6 is 11.3 Å². The standard InChI is InChI=1S/C11H13N5O3S/c1-2-3-8-14-6(5-20-8)10(18)13-4-7-15-11(9(12)17)19-16-7/h5H,2-4H2,1H3,(H2,12,17)(H,13,18). The van der Waals surface area contributed by atoms with Crippen molar-refractivity contribution in [2.45, 2.75) is 26.3 Å². The van der Waals surface area contributed by atoms with E-state index in [1.807, 2.05) is 6.92 Å². The zero-order valence-electron chi connectivity index (χ0n) is 10.8. The molecule has 106 valence electrons. The Hall–Kier alpha value is -2.29. The molecule has 2 amide bonds. The fraction of sp³-hybridized carbons (Fsp3) is 0.364. The molecule has 0 fully saturated rings. The topological polar surface area (TPSA) is 124 Å². The van der Waals surface area contributed by atoms with Crippen molar-refractivity contribution in [2.75, 3.05) is 0 Å². The third-order valence-corrected chi connectivity index (χ3v) is 3.24. The third kappa shape index (κ3) is 3.38. The van der Waals surface area contributed by atoms with E-state index in [-0.39, 0.29) is 24.2 Å². The van der Waals surface area contributed by atoms with E-state index in [4.69, 9.17) is 5.73 Å². The molecule has 0 aromatic carbocycles. The second kappa shape index (κ2) is 6.24. The van der Waals surface area contributed by atoms with E-state index in [0.717, 1.165) is 17.8 Å². The van der Waals surface area contributed by atoms with Gasteiger partial charge in [0.15, 0.2) is 5.82 Å². The Bertz CT molecular complexity index is 621. The maximum Gasteiger partial charge on any atom is 0.315 e. The summed E-state index contributed by atoms with van der Waals surface area (Å²) in [7, 11) is 0. The average Bonchev–Trinajstić information content (AvgIpc) is 3.05. The number of aromatic nitrogens is 3. The second-order valence-corrected chi connectivity index (χ2v) is 4.88. The first-order valence-corrected chi connectivity index (χ1v) is 6.83. The average molecular weight is 295 g/mol. The molecule has 0 aliphatic carbocycles. The lowest BCUT2D eigenvalue weighted by atomic mass is 10.3. The molecule has 20 heavy (non-hydrogen) atoms. The van der Waals surface area contributed by atoms with Crippen molar-refractivity contribution in [1.29, 1.82) is 0 Å². The first kappa shape index (κ1) is 14.1. The summed E-state index contributed by atoms with van der Waals surface area (Å²) in [4.78, 5) is 30.5. The number of carbonyl (C=O) groups is 2. The van der Waals surface area contributed by atoms with Crippen LogP contribution in [-0.2, 0) is 13.0 Å². The molecule has 0 atom stereocenters. The van der Waals surface area contributed by atoms with Crippen LogP contribution in [0.15, 0.2) is 9.90 Å². The van der Waals surface area contributed by atoms with Gasteiger partial charge in [0, 0.05) is 5.38 Å². The summed E-state index contributed by atoms with van der Waals surface area (Å²) in [6.07, 6.45) is 1.83. The van der Waals surface area contributed by atoms with Gasteiger partial charge >= 0.3 is 11.8 Å². The molecule has 8 nitrogen and oxygen atoms in total. The van der Waals surface area contributed by atoms with E-state index >= 15 is 0 Å². The first-order valence-electron chi connectivity index (χ1n) is 5.95. The minimum Gasteiger partial charge on any atom is -0.361 e. The highest BCUT2D eigenvalue weighted by Gasteiger charge is 2.14. The van der Waals surface area contributed by atoms with Crippen LogP contribution in [0.5, 0.6) is 0 Å². The SMILES string of the molecule is CCCc1nc(C(=O)NCc2noc(C(N)=O)n2)cs1. The van der Waals surface area contributed by atoms with Gasteiger partial charge in [-0.25, -0.2) is 4.98 Å². The summed E-state index contributed by atoms with van der Waals surface area (Å²) >= 11 is 1.45. The number of nitrogens with one attached hydrogen (secondary N) is 1. The van der Waals surface area contributed by atoms with Crippen LogP contribution in [0.2, 0.25) is 0 Å². The molecule has 2 aromatic heterocycles. The van der Waals surface area contributed by atoms with Crippen molar-refractivity contribution >= 4 is 23.2 Å². The van der Waals surface area contributed by atoms with E-state index < -0.39 is 5.91 Å². The van der Waals surface area contributed by atoms with Crippen LogP contribution in [0.1, 0.15) is 45.4 Å². The number of amides is 2. The Morgan fingerprint density at radius 1 is 1.45 bits per heavy atom. The van der Waals surface area contributed by atoms with Gasteiger partial charge in [-0.3, -0.25) is 9.59 Å². The predicted molar refractivity (Wildman–Crippen MR) is 70.1 cm³/mol. The van der Waals surface area contributed by atoms with Crippen molar-refractivity contribution in [3.63, 3.8) is 0 Å². The zero-order valence-corrected chi connectivity index (χ0v) is 11.6. The number of hydrogen-bond acceptors (Lipinski definition) is 7. The molecule has 0 aliphatic rings. The molecular formula is C11H13N5O3S. The van der Waals surface area contributed by atoms with Crippen molar-refractivity contribution in [2.24, 2.45) is 5.73 Å². The van der Waals surface area contributed by atoms with E-state index in [1.165, 1.54) is 11.3 Å². The molecule has 9 heteroatoms. The van der Waals surface area contributed by atoms with Crippen LogP contribution in [0.25, 0.3) is 0 Å². The molecular weight excluding hydrogens is 282 g/mol. The summed E-state index contributed by atoms with van der Waals surface area (Å²) in [6.45, 7) is 2.09.